The molecule has 0 bridgehead atoms. The molecule has 1 aromatic carbocycles. The number of nitrogens with zero attached hydrogens (tertiary/aromatic N) is 1. The van der Waals surface area contributed by atoms with Gasteiger partial charge in [-0.3, -0.25) is 0 Å². The minimum Gasteiger partial charge on any atom is -0.388 e. The van der Waals surface area contributed by atoms with Gasteiger partial charge in [-0.2, -0.15) is 5.26 Å². The molecule has 0 spiro atoms. The van der Waals surface area contributed by atoms with Crippen LogP contribution in [0.25, 0.3) is 0 Å². The van der Waals surface area contributed by atoms with Crippen molar-refractivity contribution in [2.45, 2.75) is 37.7 Å². The fourth-order valence-electron chi connectivity index (χ4n) is 3.14. The number of hydrogen-bond acceptors (Lipinski definition) is 2. The van der Waals surface area contributed by atoms with Crippen molar-refractivity contribution in [1.82, 2.24) is 0 Å². The Bertz CT molecular complexity index is 443. The fraction of sp³-hybridized carbons (Fsp3) is 0.500. The van der Waals surface area contributed by atoms with E-state index in [0.717, 1.165) is 19.3 Å². The number of nitriles is 1. The summed E-state index contributed by atoms with van der Waals surface area (Å²) in [6.45, 7) is 0. The first kappa shape index (κ1) is 9.86. The predicted octanol–water partition coefficient (Wildman–Crippen LogP) is 2.21. The average Bonchev–Trinajstić information content (AvgIpc) is 2.53. The van der Waals surface area contributed by atoms with E-state index < -0.39 is 11.0 Å². The van der Waals surface area contributed by atoms with Crippen molar-refractivity contribution >= 4 is 0 Å². The summed E-state index contributed by atoms with van der Waals surface area (Å²) in [5.74, 6) is 0. The van der Waals surface area contributed by atoms with Crippen molar-refractivity contribution in [3.8, 4) is 6.07 Å². The molecule has 1 saturated carbocycles. The molecule has 1 fully saturated rings. The highest BCUT2D eigenvalue weighted by atomic mass is 16.3. The lowest BCUT2D eigenvalue weighted by atomic mass is 9.58. The second-order valence-corrected chi connectivity index (χ2v) is 5.20. The number of hydrogen-bond donors (Lipinski definition) is 1. The van der Waals surface area contributed by atoms with E-state index in [4.69, 9.17) is 0 Å². The van der Waals surface area contributed by atoms with Gasteiger partial charge >= 0.3 is 0 Å². The highest BCUT2D eigenvalue weighted by Crippen LogP contribution is 2.53. The summed E-state index contributed by atoms with van der Waals surface area (Å²) in [4.78, 5) is 0. The van der Waals surface area contributed by atoms with E-state index in [9.17, 15) is 10.4 Å². The molecule has 2 heteroatoms. The van der Waals surface area contributed by atoms with Crippen molar-refractivity contribution in [2.24, 2.45) is 5.41 Å². The molecular weight excluding hydrogens is 198 g/mol. The molecule has 0 heterocycles. The molecule has 2 aliphatic rings. The molecule has 1 N–H and O–H groups in total. The van der Waals surface area contributed by atoms with Crippen LogP contribution in [0.5, 0.6) is 0 Å². The highest BCUT2D eigenvalue weighted by molar-refractivity contribution is 5.38. The van der Waals surface area contributed by atoms with Crippen molar-refractivity contribution in [1.29, 1.82) is 5.26 Å². The van der Waals surface area contributed by atoms with Gasteiger partial charge in [0.1, 0.15) is 0 Å². The fourth-order valence-corrected chi connectivity index (χ4v) is 3.14. The maximum Gasteiger partial charge on any atom is 0.0913 e. The predicted molar refractivity (Wildman–Crippen MR) is 60.7 cm³/mol. The van der Waals surface area contributed by atoms with E-state index in [2.05, 4.69) is 18.2 Å². The normalized spacial score (nSPS) is 24.2. The third-order valence-electron chi connectivity index (χ3n) is 4.40. The molecule has 0 aromatic heterocycles. The Morgan fingerprint density at radius 3 is 2.06 bits per heavy atom. The van der Waals surface area contributed by atoms with E-state index >= 15 is 0 Å². The SMILES string of the molecule is N#CC1(C2(O)Cc3ccccc3C2)CCC1. The van der Waals surface area contributed by atoms with Gasteiger partial charge in [0.15, 0.2) is 0 Å². The molecule has 3 rings (SSSR count). The molecule has 16 heavy (non-hydrogen) atoms. The Morgan fingerprint density at radius 2 is 1.69 bits per heavy atom. The average molecular weight is 213 g/mol. The first-order valence-electron chi connectivity index (χ1n) is 5.90. The second kappa shape index (κ2) is 3.09. The van der Waals surface area contributed by atoms with Crippen molar-refractivity contribution in [3.63, 3.8) is 0 Å². The van der Waals surface area contributed by atoms with Gasteiger partial charge in [-0.15, -0.1) is 0 Å². The Morgan fingerprint density at radius 1 is 1.12 bits per heavy atom. The zero-order chi connectivity index (χ0) is 11.2. The summed E-state index contributed by atoms with van der Waals surface area (Å²) in [6, 6.07) is 10.5. The van der Waals surface area contributed by atoms with Gasteiger partial charge in [0.05, 0.1) is 17.1 Å². The van der Waals surface area contributed by atoms with Gasteiger partial charge < -0.3 is 5.11 Å². The molecule has 0 atom stereocenters. The Labute approximate surface area is 95.5 Å². The number of rotatable bonds is 1. The second-order valence-electron chi connectivity index (χ2n) is 5.20. The van der Waals surface area contributed by atoms with Crippen LogP contribution >= 0.6 is 0 Å². The lowest BCUT2D eigenvalue weighted by Crippen LogP contribution is -2.52. The van der Waals surface area contributed by atoms with Crippen molar-refractivity contribution in [2.75, 3.05) is 0 Å². The summed E-state index contributed by atoms with van der Waals surface area (Å²) in [5, 5.41) is 20.1. The first-order valence-corrected chi connectivity index (χ1v) is 5.90. The van der Waals surface area contributed by atoms with Crippen LogP contribution in [0.3, 0.4) is 0 Å². The Kier molecular flexibility index (Phi) is 1.90. The van der Waals surface area contributed by atoms with Crippen LogP contribution in [0.4, 0.5) is 0 Å². The smallest absolute Gasteiger partial charge is 0.0913 e. The summed E-state index contributed by atoms with van der Waals surface area (Å²) < 4.78 is 0. The van der Waals surface area contributed by atoms with Crippen molar-refractivity contribution in [3.05, 3.63) is 35.4 Å². The molecule has 0 saturated heterocycles. The molecule has 0 amide bonds. The standard InChI is InChI=1S/C14H15NO/c15-10-13(6-3-7-13)14(16)8-11-4-1-2-5-12(11)9-14/h1-2,4-5,16H,3,6-9H2. The van der Waals surface area contributed by atoms with Gasteiger partial charge in [0.2, 0.25) is 0 Å². The van der Waals surface area contributed by atoms with Gasteiger partial charge in [0.25, 0.3) is 0 Å². The maximum atomic E-state index is 10.8. The van der Waals surface area contributed by atoms with E-state index in [0.29, 0.717) is 12.8 Å². The van der Waals surface area contributed by atoms with Crippen LogP contribution in [-0.4, -0.2) is 10.7 Å². The lowest BCUT2D eigenvalue weighted by molar-refractivity contribution is -0.0858. The highest BCUT2D eigenvalue weighted by Gasteiger charge is 2.56. The van der Waals surface area contributed by atoms with Crippen LogP contribution in [0.15, 0.2) is 24.3 Å². The molecule has 1 aromatic rings. The molecule has 2 nitrogen and oxygen atoms in total. The van der Waals surface area contributed by atoms with Crippen LogP contribution in [0.1, 0.15) is 30.4 Å². The zero-order valence-electron chi connectivity index (χ0n) is 9.24. The maximum absolute atomic E-state index is 10.8. The molecule has 0 radical (unpaired) electrons. The van der Waals surface area contributed by atoms with Crippen LogP contribution in [0.2, 0.25) is 0 Å². The summed E-state index contributed by atoms with van der Waals surface area (Å²) in [5.41, 5.74) is 1.13. The summed E-state index contributed by atoms with van der Waals surface area (Å²) in [7, 11) is 0. The summed E-state index contributed by atoms with van der Waals surface area (Å²) in [6.07, 6.45) is 4.08. The first-order chi connectivity index (χ1) is 7.69. The topological polar surface area (TPSA) is 44.0 Å². The molecular formula is C14H15NO. The quantitative estimate of drug-likeness (QED) is 0.777. The zero-order valence-corrected chi connectivity index (χ0v) is 9.24. The van der Waals surface area contributed by atoms with E-state index in [1.54, 1.807) is 0 Å². The van der Waals surface area contributed by atoms with E-state index in [1.807, 2.05) is 12.1 Å². The number of benzene rings is 1. The molecule has 2 aliphatic carbocycles. The Hall–Kier alpha value is -1.33. The largest absolute Gasteiger partial charge is 0.388 e. The minimum absolute atomic E-state index is 0.480. The third-order valence-corrected chi connectivity index (χ3v) is 4.40. The van der Waals surface area contributed by atoms with Crippen molar-refractivity contribution < 1.29 is 5.11 Å². The third kappa shape index (κ3) is 1.10. The molecule has 0 aliphatic heterocycles. The Balaban J connectivity index is 1.97. The van der Waals surface area contributed by atoms with Gasteiger partial charge in [0, 0.05) is 12.8 Å². The van der Waals surface area contributed by atoms with Crippen LogP contribution in [-0.2, 0) is 12.8 Å². The van der Waals surface area contributed by atoms with Crippen LogP contribution in [0, 0.1) is 16.7 Å². The van der Waals surface area contributed by atoms with Gasteiger partial charge in [-0.1, -0.05) is 30.7 Å². The minimum atomic E-state index is -0.816. The lowest BCUT2D eigenvalue weighted by Gasteiger charge is -2.46. The monoisotopic (exact) mass is 213 g/mol. The summed E-state index contributed by atoms with van der Waals surface area (Å²) >= 11 is 0. The van der Waals surface area contributed by atoms with Gasteiger partial charge in [-0.25, -0.2) is 0 Å². The van der Waals surface area contributed by atoms with Crippen LogP contribution < -0.4 is 0 Å². The number of fused-ring (bicyclic) bond motifs is 1. The van der Waals surface area contributed by atoms with E-state index in [1.165, 1.54) is 11.1 Å². The molecule has 82 valence electrons. The van der Waals surface area contributed by atoms with Gasteiger partial charge in [-0.05, 0) is 24.0 Å². The molecule has 0 unspecified atom stereocenters. The number of aliphatic hydroxyl groups is 1. The van der Waals surface area contributed by atoms with E-state index in [-0.39, 0.29) is 0 Å².